The zero-order valence-corrected chi connectivity index (χ0v) is 16.2. The number of aromatic nitrogens is 2. The molecule has 6 heteroatoms. The molecule has 5 nitrogen and oxygen atoms in total. The molecule has 1 aliphatic carbocycles. The van der Waals surface area contributed by atoms with Crippen molar-refractivity contribution in [2.45, 2.75) is 43.9 Å². The average Bonchev–Trinajstić information content (AvgIpc) is 3.22. The van der Waals surface area contributed by atoms with E-state index in [1.165, 1.54) is 11.3 Å². The number of rotatable bonds is 1. The van der Waals surface area contributed by atoms with Crippen LogP contribution < -0.4 is 10.2 Å². The van der Waals surface area contributed by atoms with Crippen molar-refractivity contribution in [3.8, 4) is 6.07 Å². The van der Waals surface area contributed by atoms with Crippen molar-refractivity contribution in [3.05, 3.63) is 45.9 Å². The van der Waals surface area contributed by atoms with Crippen molar-refractivity contribution in [1.82, 2.24) is 15.3 Å². The molecule has 1 spiro atoms. The number of piperidine rings is 1. The highest BCUT2D eigenvalue weighted by molar-refractivity contribution is 6.32. The van der Waals surface area contributed by atoms with Crippen LogP contribution >= 0.6 is 11.6 Å². The van der Waals surface area contributed by atoms with E-state index >= 15 is 0 Å². The molecule has 138 valence electrons. The Hall–Kier alpha value is -2.16. The number of nitriles is 1. The first-order valence-electron chi connectivity index (χ1n) is 9.70. The SMILES string of the molecule is C[C@@H]1CCc2ncnc(N3CC4(CCNCC4)c4c3ccc(Cl)c4C#N)c21. The fourth-order valence-corrected chi connectivity index (χ4v) is 5.44. The van der Waals surface area contributed by atoms with Crippen LogP contribution in [0.2, 0.25) is 5.02 Å². The average molecular weight is 380 g/mol. The van der Waals surface area contributed by atoms with Gasteiger partial charge in [0.05, 0.1) is 10.6 Å². The molecule has 0 saturated carbocycles. The van der Waals surface area contributed by atoms with E-state index in [9.17, 15) is 5.26 Å². The van der Waals surface area contributed by atoms with Crippen LogP contribution in [0.1, 0.15) is 54.5 Å². The number of fused-ring (bicyclic) bond motifs is 3. The molecular formula is C21H22ClN5. The largest absolute Gasteiger partial charge is 0.325 e. The second kappa shape index (κ2) is 6.19. The van der Waals surface area contributed by atoms with Crippen LogP contribution in [-0.4, -0.2) is 29.6 Å². The summed E-state index contributed by atoms with van der Waals surface area (Å²) in [6.45, 7) is 5.04. The third-order valence-corrected chi connectivity index (χ3v) is 6.91. The minimum absolute atomic E-state index is 0.0454. The highest BCUT2D eigenvalue weighted by Gasteiger charge is 2.47. The van der Waals surface area contributed by atoms with Crippen LogP contribution in [0.15, 0.2) is 18.5 Å². The maximum atomic E-state index is 9.86. The van der Waals surface area contributed by atoms with E-state index in [1.54, 1.807) is 6.33 Å². The number of nitrogens with zero attached hydrogens (tertiary/aromatic N) is 4. The quantitative estimate of drug-likeness (QED) is 0.815. The summed E-state index contributed by atoms with van der Waals surface area (Å²) >= 11 is 6.44. The summed E-state index contributed by atoms with van der Waals surface area (Å²) in [5.74, 6) is 1.49. The van der Waals surface area contributed by atoms with Gasteiger partial charge in [-0.25, -0.2) is 9.97 Å². The fourth-order valence-electron chi connectivity index (χ4n) is 5.24. The Morgan fingerprint density at radius 1 is 1.30 bits per heavy atom. The van der Waals surface area contributed by atoms with Gasteiger partial charge in [-0.2, -0.15) is 5.26 Å². The minimum atomic E-state index is -0.0454. The predicted molar refractivity (Wildman–Crippen MR) is 106 cm³/mol. The lowest BCUT2D eigenvalue weighted by atomic mass is 9.73. The molecular weight excluding hydrogens is 358 g/mol. The van der Waals surface area contributed by atoms with E-state index in [4.69, 9.17) is 16.6 Å². The third-order valence-electron chi connectivity index (χ3n) is 6.59. The molecule has 1 saturated heterocycles. The Bertz CT molecular complexity index is 958. The molecule has 1 N–H and O–H groups in total. The van der Waals surface area contributed by atoms with Crippen molar-refractivity contribution in [2.75, 3.05) is 24.5 Å². The topological polar surface area (TPSA) is 64.8 Å². The lowest BCUT2D eigenvalue weighted by molar-refractivity contribution is 0.328. The molecule has 0 bridgehead atoms. The smallest absolute Gasteiger partial charge is 0.140 e. The predicted octanol–water partition coefficient (Wildman–Crippen LogP) is 3.82. The molecule has 3 aliphatic rings. The van der Waals surface area contributed by atoms with Gasteiger partial charge in [0.1, 0.15) is 18.2 Å². The van der Waals surface area contributed by atoms with E-state index in [2.05, 4.69) is 34.3 Å². The Kier molecular flexibility index (Phi) is 3.89. The van der Waals surface area contributed by atoms with Crippen LogP contribution in [0.25, 0.3) is 0 Å². The van der Waals surface area contributed by atoms with Crippen LogP contribution in [0.4, 0.5) is 11.5 Å². The second-order valence-electron chi connectivity index (χ2n) is 8.04. The first-order valence-corrected chi connectivity index (χ1v) is 10.1. The number of aryl methyl sites for hydroxylation is 1. The zero-order valence-electron chi connectivity index (χ0n) is 15.4. The summed E-state index contributed by atoms with van der Waals surface area (Å²) in [6, 6.07) is 6.32. The summed E-state index contributed by atoms with van der Waals surface area (Å²) in [6.07, 6.45) is 5.86. The Morgan fingerprint density at radius 3 is 2.89 bits per heavy atom. The van der Waals surface area contributed by atoms with Crippen LogP contribution in [0, 0.1) is 11.3 Å². The van der Waals surface area contributed by atoms with Gasteiger partial charge in [-0.15, -0.1) is 0 Å². The van der Waals surface area contributed by atoms with E-state index < -0.39 is 0 Å². The summed E-state index contributed by atoms with van der Waals surface area (Å²) < 4.78 is 0. The lowest BCUT2D eigenvalue weighted by Crippen LogP contribution is -2.43. The minimum Gasteiger partial charge on any atom is -0.325 e. The molecule has 2 aliphatic heterocycles. The van der Waals surface area contributed by atoms with Gasteiger partial charge in [0.25, 0.3) is 0 Å². The Morgan fingerprint density at radius 2 is 2.11 bits per heavy atom. The number of halogens is 1. The van der Waals surface area contributed by atoms with Crippen molar-refractivity contribution >= 4 is 23.1 Å². The van der Waals surface area contributed by atoms with Gasteiger partial charge < -0.3 is 10.2 Å². The maximum Gasteiger partial charge on any atom is 0.140 e. The Labute approximate surface area is 164 Å². The van der Waals surface area contributed by atoms with Crippen molar-refractivity contribution in [2.24, 2.45) is 0 Å². The second-order valence-corrected chi connectivity index (χ2v) is 8.45. The van der Waals surface area contributed by atoms with Gasteiger partial charge in [0.2, 0.25) is 0 Å². The third kappa shape index (κ3) is 2.40. The van der Waals surface area contributed by atoms with Crippen LogP contribution in [0.5, 0.6) is 0 Å². The molecule has 1 aromatic carbocycles. The molecule has 1 fully saturated rings. The summed E-state index contributed by atoms with van der Waals surface area (Å²) in [5, 5.41) is 13.9. The van der Waals surface area contributed by atoms with Gasteiger partial charge >= 0.3 is 0 Å². The molecule has 0 radical (unpaired) electrons. The maximum absolute atomic E-state index is 9.86. The van der Waals surface area contributed by atoms with Crippen molar-refractivity contribution < 1.29 is 0 Å². The first-order chi connectivity index (χ1) is 13.1. The van der Waals surface area contributed by atoms with Gasteiger partial charge in [-0.05, 0) is 56.8 Å². The fraction of sp³-hybridized carbons (Fsp3) is 0.476. The summed E-state index contributed by atoms with van der Waals surface area (Å²) in [5.41, 5.74) is 5.26. The van der Waals surface area contributed by atoms with Crippen molar-refractivity contribution in [1.29, 1.82) is 5.26 Å². The summed E-state index contributed by atoms with van der Waals surface area (Å²) in [7, 11) is 0. The normalized spacial score (nSPS) is 22.6. The van der Waals surface area contributed by atoms with E-state index in [0.29, 0.717) is 16.5 Å². The van der Waals surface area contributed by atoms with Gasteiger partial charge in [-0.3, -0.25) is 0 Å². The molecule has 5 rings (SSSR count). The monoisotopic (exact) mass is 379 g/mol. The zero-order chi connectivity index (χ0) is 18.6. The number of nitrogens with one attached hydrogen (secondary N) is 1. The first kappa shape index (κ1) is 17.0. The molecule has 1 atom stereocenters. The molecule has 0 unspecified atom stereocenters. The lowest BCUT2D eigenvalue weighted by Gasteiger charge is -2.35. The van der Waals surface area contributed by atoms with Crippen molar-refractivity contribution in [3.63, 3.8) is 0 Å². The molecule has 27 heavy (non-hydrogen) atoms. The van der Waals surface area contributed by atoms with E-state index in [-0.39, 0.29) is 5.41 Å². The van der Waals surface area contributed by atoms with E-state index in [0.717, 1.165) is 62.4 Å². The van der Waals surface area contributed by atoms with Crippen LogP contribution in [-0.2, 0) is 11.8 Å². The highest BCUT2D eigenvalue weighted by atomic mass is 35.5. The van der Waals surface area contributed by atoms with E-state index in [1.807, 2.05) is 6.07 Å². The number of hydrogen-bond donors (Lipinski definition) is 1. The van der Waals surface area contributed by atoms with Gasteiger partial charge in [0.15, 0.2) is 0 Å². The molecule has 3 heterocycles. The molecule has 2 aromatic rings. The molecule has 1 aromatic heterocycles. The summed E-state index contributed by atoms with van der Waals surface area (Å²) in [4.78, 5) is 11.6. The number of hydrogen-bond acceptors (Lipinski definition) is 5. The van der Waals surface area contributed by atoms with Gasteiger partial charge in [0, 0.05) is 34.5 Å². The van der Waals surface area contributed by atoms with Gasteiger partial charge in [-0.1, -0.05) is 18.5 Å². The van der Waals surface area contributed by atoms with Crippen LogP contribution in [0.3, 0.4) is 0 Å². The molecule has 0 amide bonds. The Balaban J connectivity index is 1.73. The number of benzene rings is 1. The highest BCUT2D eigenvalue weighted by Crippen LogP contribution is 2.52. The standard InChI is InChI=1S/C21H22ClN5/c1-13-2-4-16-18(13)20(26-12-25-16)27-11-21(6-8-24-9-7-21)19-14(10-23)15(22)3-5-17(19)27/h3,5,12-13,24H,2,4,6-9,11H2,1H3/t13-/m1/s1. The number of anilines is 2.